The molecule has 2 rings (SSSR count). The third-order valence-corrected chi connectivity index (χ3v) is 2.01. The summed E-state index contributed by atoms with van der Waals surface area (Å²) < 4.78 is 6.61. The molecule has 2 N–H and O–H groups in total. The van der Waals surface area contributed by atoms with Crippen LogP contribution in [0.5, 0.6) is 5.75 Å². The summed E-state index contributed by atoms with van der Waals surface area (Å²) >= 11 is 0. The smallest absolute Gasteiger partial charge is 0.255 e. The van der Waals surface area contributed by atoms with Crippen molar-refractivity contribution in [2.45, 2.75) is 0 Å². The Morgan fingerprint density at radius 3 is 2.61 bits per heavy atom. The third-order valence-electron chi connectivity index (χ3n) is 2.01. The van der Waals surface area contributed by atoms with Gasteiger partial charge < -0.3 is 10.5 Å². The number of nitrogens with zero attached hydrogens (tertiary/aromatic N) is 4. The number of ether oxygens (including phenoxy) is 1. The SMILES string of the molecule is NC(=O)COc1ccc(/C=N\n2cnnc2)cc1. The zero-order valence-corrected chi connectivity index (χ0v) is 9.43. The highest BCUT2D eigenvalue weighted by molar-refractivity contribution is 5.79. The van der Waals surface area contributed by atoms with Crippen molar-refractivity contribution < 1.29 is 9.53 Å². The van der Waals surface area contributed by atoms with Crippen LogP contribution in [0.4, 0.5) is 0 Å². The van der Waals surface area contributed by atoms with E-state index in [9.17, 15) is 4.79 Å². The minimum Gasteiger partial charge on any atom is -0.484 e. The first-order valence-corrected chi connectivity index (χ1v) is 5.14. The van der Waals surface area contributed by atoms with Gasteiger partial charge in [0.1, 0.15) is 18.4 Å². The lowest BCUT2D eigenvalue weighted by atomic mass is 10.2. The summed E-state index contributed by atoms with van der Waals surface area (Å²) in [7, 11) is 0. The second kappa shape index (κ2) is 5.58. The Morgan fingerprint density at radius 1 is 1.33 bits per heavy atom. The van der Waals surface area contributed by atoms with Gasteiger partial charge in [0.05, 0.1) is 6.21 Å². The van der Waals surface area contributed by atoms with Crippen LogP contribution in [0.25, 0.3) is 0 Å². The lowest BCUT2D eigenvalue weighted by Gasteiger charge is -2.03. The fourth-order valence-corrected chi connectivity index (χ4v) is 1.19. The lowest BCUT2D eigenvalue weighted by Crippen LogP contribution is -2.19. The number of carbonyl (C=O) groups excluding carboxylic acids is 1. The average Bonchev–Trinajstić information content (AvgIpc) is 2.88. The van der Waals surface area contributed by atoms with Crippen molar-refractivity contribution >= 4 is 12.1 Å². The number of amides is 1. The monoisotopic (exact) mass is 245 g/mol. The number of hydrogen-bond acceptors (Lipinski definition) is 5. The van der Waals surface area contributed by atoms with E-state index in [1.54, 1.807) is 18.3 Å². The van der Waals surface area contributed by atoms with E-state index in [0.717, 1.165) is 5.56 Å². The van der Waals surface area contributed by atoms with Gasteiger partial charge in [-0.05, 0) is 29.8 Å². The maximum atomic E-state index is 10.5. The molecule has 0 radical (unpaired) electrons. The van der Waals surface area contributed by atoms with Crippen LogP contribution in [0.15, 0.2) is 42.0 Å². The Labute approximate surface area is 103 Å². The predicted molar refractivity (Wildman–Crippen MR) is 64.1 cm³/mol. The van der Waals surface area contributed by atoms with E-state index in [-0.39, 0.29) is 6.61 Å². The second-order valence-electron chi connectivity index (χ2n) is 3.41. The van der Waals surface area contributed by atoms with Gasteiger partial charge >= 0.3 is 0 Å². The third kappa shape index (κ3) is 3.41. The van der Waals surface area contributed by atoms with Crippen LogP contribution in [0.2, 0.25) is 0 Å². The van der Waals surface area contributed by atoms with E-state index in [4.69, 9.17) is 10.5 Å². The summed E-state index contributed by atoms with van der Waals surface area (Å²) in [5, 5.41) is 11.3. The normalized spacial score (nSPS) is 10.7. The molecule has 2 aromatic rings. The van der Waals surface area contributed by atoms with Crippen molar-refractivity contribution in [1.29, 1.82) is 0 Å². The fraction of sp³-hybridized carbons (Fsp3) is 0.0909. The number of aromatic nitrogens is 3. The summed E-state index contributed by atoms with van der Waals surface area (Å²) in [6.07, 6.45) is 4.63. The molecule has 0 saturated heterocycles. The summed E-state index contributed by atoms with van der Waals surface area (Å²) in [6.45, 7) is -0.131. The minimum atomic E-state index is -0.506. The molecule has 18 heavy (non-hydrogen) atoms. The Bertz CT molecular complexity index is 533. The van der Waals surface area contributed by atoms with Gasteiger partial charge in [0.2, 0.25) is 0 Å². The van der Waals surface area contributed by atoms with Crippen LogP contribution in [-0.2, 0) is 4.79 Å². The second-order valence-corrected chi connectivity index (χ2v) is 3.41. The fourth-order valence-electron chi connectivity index (χ4n) is 1.19. The van der Waals surface area contributed by atoms with E-state index < -0.39 is 5.91 Å². The van der Waals surface area contributed by atoms with E-state index >= 15 is 0 Å². The Kier molecular flexibility index (Phi) is 3.65. The highest BCUT2D eigenvalue weighted by atomic mass is 16.5. The molecule has 0 aliphatic rings. The molecule has 1 aromatic carbocycles. The molecule has 1 heterocycles. The van der Waals surface area contributed by atoms with Crippen molar-refractivity contribution in [3.8, 4) is 5.75 Å². The molecule has 0 spiro atoms. The van der Waals surface area contributed by atoms with Gasteiger partial charge in [0, 0.05) is 0 Å². The van der Waals surface area contributed by atoms with Crippen molar-refractivity contribution in [3.63, 3.8) is 0 Å². The number of rotatable bonds is 5. The van der Waals surface area contributed by atoms with Crippen molar-refractivity contribution in [1.82, 2.24) is 14.9 Å². The zero-order valence-electron chi connectivity index (χ0n) is 9.43. The summed E-state index contributed by atoms with van der Waals surface area (Å²) in [5.74, 6) is 0.0727. The first kappa shape index (κ1) is 11.8. The van der Waals surface area contributed by atoms with Crippen LogP contribution >= 0.6 is 0 Å². The minimum absolute atomic E-state index is 0.131. The maximum Gasteiger partial charge on any atom is 0.255 e. The predicted octanol–water partition coefficient (Wildman–Crippen LogP) is 0.0244. The highest BCUT2D eigenvalue weighted by Crippen LogP contribution is 2.10. The largest absolute Gasteiger partial charge is 0.484 e. The standard InChI is InChI=1S/C11H11N5O2/c12-11(17)6-18-10-3-1-9(2-4-10)5-15-16-7-13-14-8-16/h1-5,7-8H,6H2,(H2,12,17)/b15-5-. The molecule has 0 fully saturated rings. The zero-order chi connectivity index (χ0) is 12.8. The molecular formula is C11H11N5O2. The first-order valence-electron chi connectivity index (χ1n) is 5.14. The van der Waals surface area contributed by atoms with E-state index in [2.05, 4.69) is 15.3 Å². The van der Waals surface area contributed by atoms with Gasteiger partial charge in [-0.15, -0.1) is 10.2 Å². The van der Waals surface area contributed by atoms with E-state index in [0.29, 0.717) is 5.75 Å². The number of primary amides is 1. The molecule has 0 saturated carbocycles. The molecule has 92 valence electrons. The van der Waals surface area contributed by atoms with Crippen molar-refractivity contribution in [2.24, 2.45) is 10.8 Å². The van der Waals surface area contributed by atoms with Gasteiger partial charge in [0.25, 0.3) is 5.91 Å². The molecule has 1 aromatic heterocycles. The van der Waals surface area contributed by atoms with E-state index in [1.165, 1.54) is 17.3 Å². The Hall–Kier alpha value is -2.70. The molecule has 0 atom stereocenters. The summed E-state index contributed by atoms with van der Waals surface area (Å²) in [6, 6.07) is 7.08. The Morgan fingerprint density at radius 2 is 2.00 bits per heavy atom. The number of hydrogen-bond donors (Lipinski definition) is 1. The quantitative estimate of drug-likeness (QED) is 0.751. The van der Waals surface area contributed by atoms with Gasteiger partial charge in [-0.2, -0.15) is 5.10 Å². The topological polar surface area (TPSA) is 95.4 Å². The van der Waals surface area contributed by atoms with Crippen LogP contribution < -0.4 is 10.5 Å². The molecule has 0 bridgehead atoms. The molecule has 7 heteroatoms. The number of nitrogens with two attached hydrogens (primary N) is 1. The summed E-state index contributed by atoms with van der Waals surface area (Å²) in [4.78, 5) is 10.5. The molecule has 0 unspecified atom stereocenters. The number of carbonyl (C=O) groups is 1. The van der Waals surface area contributed by atoms with Gasteiger partial charge in [-0.25, -0.2) is 4.68 Å². The molecule has 0 aliphatic carbocycles. The molecular weight excluding hydrogens is 234 g/mol. The maximum absolute atomic E-state index is 10.5. The summed E-state index contributed by atoms with van der Waals surface area (Å²) in [5.41, 5.74) is 5.86. The average molecular weight is 245 g/mol. The van der Waals surface area contributed by atoms with Crippen molar-refractivity contribution in [3.05, 3.63) is 42.5 Å². The van der Waals surface area contributed by atoms with E-state index in [1.807, 2.05) is 12.1 Å². The number of benzene rings is 1. The van der Waals surface area contributed by atoms with Crippen LogP contribution in [0, 0.1) is 0 Å². The van der Waals surface area contributed by atoms with Gasteiger partial charge in [-0.3, -0.25) is 4.79 Å². The van der Waals surface area contributed by atoms with Gasteiger partial charge in [0.15, 0.2) is 6.61 Å². The van der Waals surface area contributed by atoms with Crippen molar-refractivity contribution in [2.75, 3.05) is 6.61 Å². The molecule has 1 amide bonds. The lowest BCUT2D eigenvalue weighted by molar-refractivity contribution is -0.119. The van der Waals surface area contributed by atoms with Crippen LogP contribution in [0.1, 0.15) is 5.56 Å². The Balaban J connectivity index is 1.97. The first-order chi connectivity index (χ1) is 8.74. The molecule has 7 nitrogen and oxygen atoms in total. The van der Waals surface area contributed by atoms with Gasteiger partial charge in [-0.1, -0.05) is 0 Å². The van der Waals surface area contributed by atoms with Crippen LogP contribution in [0.3, 0.4) is 0 Å². The van der Waals surface area contributed by atoms with Crippen LogP contribution in [-0.4, -0.2) is 33.6 Å². The highest BCUT2D eigenvalue weighted by Gasteiger charge is 1.97. The molecule has 0 aliphatic heterocycles.